The summed E-state index contributed by atoms with van der Waals surface area (Å²) >= 11 is 0. The molecule has 0 radical (unpaired) electrons. The number of carbonyl (C=O) groups excluding carboxylic acids is 1. The quantitative estimate of drug-likeness (QED) is 0.890. The summed E-state index contributed by atoms with van der Waals surface area (Å²) in [7, 11) is 3.32. The van der Waals surface area contributed by atoms with Crippen LogP contribution < -0.4 is 4.74 Å². The molecule has 1 N–H and O–H groups in total. The average molecular weight is 277 g/mol. The first-order chi connectivity index (χ1) is 9.52. The van der Waals surface area contributed by atoms with E-state index >= 15 is 0 Å². The molecule has 1 saturated carbocycles. The fraction of sp³-hybridized carbons (Fsp3) is 0.467. The van der Waals surface area contributed by atoms with Crippen LogP contribution in [0.4, 0.5) is 0 Å². The van der Waals surface area contributed by atoms with E-state index in [1.165, 1.54) is 0 Å². The van der Waals surface area contributed by atoms with Crippen molar-refractivity contribution in [1.29, 1.82) is 0 Å². The average Bonchev–Trinajstić information content (AvgIpc) is 2.37. The second-order valence-electron chi connectivity index (χ2n) is 5.17. The molecule has 0 aliphatic heterocycles. The van der Waals surface area contributed by atoms with E-state index in [0.29, 0.717) is 19.4 Å². The van der Waals surface area contributed by atoms with Crippen LogP contribution >= 0.6 is 0 Å². The second kappa shape index (κ2) is 5.94. The minimum Gasteiger partial charge on any atom is -0.497 e. The zero-order chi connectivity index (χ0) is 14.7. The highest BCUT2D eigenvalue weighted by atomic mass is 16.5. The Bertz CT molecular complexity index is 497. The van der Waals surface area contributed by atoms with E-state index < -0.39 is 11.9 Å². The number of hydrogen-bond donors (Lipinski definition) is 1. The highest BCUT2D eigenvalue weighted by Gasteiger charge is 2.42. The fourth-order valence-corrected chi connectivity index (χ4v) is 2.46. The molecular weight excluding hydrogens is 258 g/mol. The lowest BCUT2D eigenvalue weighted by Crippen LogP contribution is -2.44. The van der Waals surface area contributed by atoms with Gasteiger partial charge in [0.2, 0.25) is 5.91 Å². The first kappa shape index (κ1) is 14.4. The maximum atomic E-state index is 12.2. The molecule has 5 nitrogen and oxygen atoms in total. The standard InChI is InChI=1S/C15H19NO4/c1-16(9-10-3-5-11(20-2)6-4-10)14(17)12-7-8-13(12)15(18)19/h3-6,12-13H,7-9H2,1-2H3,(H,18,19). The second-order valence-corrected chi connectivity index (χ2v) is 5.17. The van der Waals surface area contributed by atoms with Gasteiger partial charge in [-0.1, -0.05) is 12.1 Å². The smallest absolute Gasteiger partial charge is 0.307 e. The lowest BCUT2D eigenvalue weighted by atomic mass is 9.73. The van der Waals surface area contributed by atoms with E-state index in [1.807, 2.05) is 24.3 Å². The molecule has 0 saturated heterocycles. The number of benzene rings is 1. The molecule has 1 aromatic rings. The molecule has 2 unspecified atom stereocenters. The van der Waals surface area contributed by atoms with Gasteiger partial charge in [0.25, 0.3) is 0 Å². The Morgan fingerprint density at radius 2 is 1.85 bits per heavy atom. The van der Waals surface area contributed by atoms with E-state index in [4.69, 9.17) is 9.84 Å². The van der Waals surface area contributed by atoms with Crippen LogP contribution in [0.1, 0.15) is 18.4 Å². The van der Waals surface area contributed by atoms with Gasteiger partial charge in [0.1, 0.15) is 5.75 Å². The van der Waals surface area contributed by atoms with Crippen molar-refractivity contribution in [2.24, 2.45) is 11.8 Å². The lowest BCUT2D eigenvalue weighted by Gasteiger charge is -2.35. The van der Waals surface area contributed by atoms with Gasteiger partial charge in [0, 0.05) is 13.6 Å². The van der Waals surface area contributed by atoms with Crippen molar-refractivity contribution in [1.82, 2.24) is 4.90 Å². The molecule has 1 aliphatic rings. The summed E-state index contributed by atoms with van der Waals surface area (Å²) in [5.41, 5.74) is 0.993. The number of carboxylic acid groups (broad SMARTS) is 1. The summed E-state index contributed by atoms with van der Waals surface area (Å²) in [6, 6.07) is 7.49. The highest BCUT2D eigenvalue weighted by molar-refractivity contribution is 5.86. The van der Waals surface area contributed by atoms with Crippen molar-refractivity contribution in [3.8, 4) is 5.75 Å². The van der Waals surface area contributed by atoms with Crippen LogP contribution in [0.5, 0.6) is 5.75 Å². The van der Waals surface area contributed by atoms with Gasteiger partial charge >= 0.3 is 5.97 Å². The Hall–Kier alpha value is -2.04. The maximum Gasteiger partial charge on any atom is 0.307 e. The zero-order valence-electron chi connectivity index (χ0n) is 11.7. The number of amides is 1. The van der Waals surface area contributed by atoms with Gasteiger partial charge in [-0.05, 0) is 30.5 Å². The van der Waals surface area contributed by atoms with E-state index in [9.17, 15) is 9.59 Å². The van der Waals surface area contributed by atoms with Gasteiger partial charge < -0.3 is 14.7 Å². The largest absolute Gasteiger partial charge is 0.497 e. The number of carboxylic acids is 1. The summed E-state index contributed by atoms with van der Waals surface area (Å²) < 4.78 is 5.08. The lowest BCUT2D eigenvalue weighted by molar-refractivity contribution is -0.156. The molecule has 1 fully saturated rings. The van der Waals surface area contributed by atoms with Crippen LogP contribution in [0.15, 0.2) is 24.3 Å². The molecule has 108 valence electrons. The Morgan fingerprint density at radius 3 is 2.30 bits per heavy atom. The van der Waals surface area contributed by atoms with E-state index in [2.05, 4.69) is 0 Å². The minimum absolute atomic E-state index is 0.0838. The molecule has 20 heavy (non-hydrogen) atoms. The molecule has 0 bridgehead atoms. The summed E-state index contributed by atoms with van der Waals surface area (Å²) in [6.45, 7) is 0.478. The monoisotopic (exact) mass is 277 g/mol. The normalized spacial score (nSPS) is 20.9. The van der Waals surface area contributed by atoms with E-state index in [-0.39, 0.29) is 11.8 Å². The van der Waals surface area contributed by atoms with Crippen LogP contribution in [-0.2, 0) is 16.1 Å². The van der Waals surface area contributed by atoms with Gasteiger partial charge in [-0.2, -0.15) is 0 Å². The SMILES string of the molecule is COc1ccc(CN(C)C(=O)C2CCC2C(=O)O)cc1. The number of rotatable bonds is 5. The van der Waals surface area contributed by atoms with Crippen LogP contribution in [0.2, 0.25) is 0 Å². The topological polar surface area (TPSA) is 66.8 Å². The Morgan fingerprint density at radius 1 is 1.25 bits per heavy atom. The Labute approximate surface area is 118 Å². The van der Waals surface area contributed by atoms with Crippen molar-refractivity contribution in [3.05, 3.63) is 29.8 Å². The number of hydrogen-bond acceptors (Lipinski definition) is 3. The fourth-order valence-electron chi connectivity index (χ4n) is 2.46. The molecule has 0 heterocycles. The summed E-state index contributed by atoms with van der Waals surface area (Å²) in [6.07, 6.45) is 1.27. The first-order valence-corrected chi connectivity index (χ1v) is 6.63. The molecule has 5 heteroatoms. The predicted molar refractivity (Wildman–Crippen MR) is 73.3 cm³/mol. The highest BCUT2D eigenvalue weighted by Crippen LogP contribution is 2.35. The Kier molecular flexibility index (Phi) is 4.27. The third-order valence-electron chi connectivity index (χ3n) is 3.86. The first-order valence-electron chi connectivity index (χ1n) is 6.63. The molecule has 2 atom stereocenters. The van der Waals surface area contributed by atoms with Gasteiger partial charge in [0.15, 0.2) is 0 Å². The molecule has 1 aliphatic carbocycles. The predicted octanol–water partition coefficient (Wildman–Crippen LogP) is 1.76. The summed E-state index contributed by atoms with van der Waals surface area (Å²) in [5.74, 6) is -1.06. The third-order valence-corrected chi connectivity index (χ3v) is 3.86. The molecule has 1 aromatic carbocycles. The van der Waals surface area contributed by atoms with Crippen molar-refractivity contribution < 1.29 is 19.4 Å². The van der Waals surface area contributed by atoms with Gasteiger partial charge in [-0.3, -0.25) is 9.59 Å². The van der Waals surface area contributed by atoms with E-state index in [0.717, 1.165) is 11.3 Å². The van der Waals surface area contributed by atoms with Crippen molar-refractivity contribution in [3.63, 3.8) is 0 Å². The number of nitrogens with zero attached hydrogens (tertiary/aromatic N) is 1. The number of methoxy groups -OCH3 is 1. The molecule has 0 aromatic heterocycles. The summed E-state index contributed by atoms with van der Waals surface area (Å²) in [4.78, 5) is 24.8. The summed E-state index contributed by atoms with van der Waals surface area (Å²) in [5, 5.41) is 9.00. The van der Waals surface area contributed by atoms with Crippen molar-refractivity contribution in [2.75, 3.05) is 14.2 Å². The van der Waals surface area contributed by atoms with Crippen LogP contribution in [0.3, 0.4) is 0 Å². The van der Waals surface area contributed by atoms with E-state index in [1.54, 1.807) is 19.1 Å². The van der Waals surface area contributed by atoms with Crippen molar-refractivity contribution >= 4 is 11.9 Å². The number of carbonyl (C=O) groups is 2. The molecule has 1 amide bonds. The molecular formula is C15H19NO4. The Balaban J connectivity index is 1.95. The van der Waals surface area contributed by atoms with Crippen molar-refractivity contribution in [2.45, 2.75) is 19.4 Å². The number of aliphatic carboxylic acids is 1. The van der Waals surface area contributed by atoms with Crippen LogP contribution in [-0.4, -0.2) is 36.0 Å². The maximum absolute atomic E-state index is 12.2. The minimum atomic E-state index is -0.868. The third kappa shape index (κ3) is 2.92. The number of ether oxygens (including phenoxy) is 1. The van der Waals surface area contributed by atoms with Gasteiger partial charge in [0.05, 0.1) is 18.9 Å². The van der Waals surface area contributed by atoms with Gasteiger partial charge in [-0.25, -0.2) is 0 Å². The van der Waals surface area contributed by atoms with Crippen LogP contribution in [0, 0.1) is 11.8 Å². The molecule has 2 rings (SSSR count). The molecule has 0 spiro atoms. The van der Waals surface area contributed by atoms with Gasteiger partial charge in [-0.15, -0.1) is 0 Å². The van der Waals surface area contributed by atoms with Crippen LogP contribution in [0.25, 0.3) is 0 Å². The zero-order valence-corrected chi connectivity index (χ0v) is 11.7.